The lowest BCUT2D eigenvalue weighted by Crippen LogP contribution is -2.40. The summed E-state index contributed by atoms with van der Waals surface area (Å²) in [6.07, 6.45) is 23.3. The van der Waals surface area contributed by atoms with E-state index in [1.807, 2.05) is 21.1 Å². The highest BCUT2D eigenvalue weighted by Gasteiger charge is 2.25. The van der Waals surface area contributed by atoms with E-state index in [-0.39, 0.29) is 32.2 Å². The van der Waals surface area contributed by atoms with Crippen molar-refractivity contribution in [1.82, 2.24) is 0 Å². The zero-order chi connectivity index (χ0) is 34.3. The highest BCUT2D eigenvalue weighted by molar-refractivity contribution is 5.71. The first kappa shape index (κ1) is 44.3. The van der Waals surface area contributed by atoms with Gasteiger partial charge in [-0.25, -0.2) is 4.79 Å². The first-order valence-electron chi connectivity index (χ1n) is 18.7. The summed E-state index contributed by atoms with van der Waals surface area (Å²) < 4.78 is 22.5. The summed E-state index contributed by atoms with van der Waals surface area (Å²) in [5, 5.41) is 9.54. The smallest absolute Gasteiger partial charge is 0.361 e. The molecular formula is C37H72NO8+. The SMILES string of the molecule is CCCCCCCCCCCCCCCCCC(=O)OC(COC(=O)CCCCCCCC)COC(OCC[N+](C)(C)C)C(=O)O. The normalized spacial score (nSPS) is 13.0. The van der Waals surface area contributed by atoms with Crippen molar-refractivity contribution in [2.24, 2.45) is 0 Å². The number of unbranched alkanes of at least 4 members (excludes halogenated alkanes) is 19. The summed E-state index contributed by atoms with van der Waals surface area (Å²) in [7, 11) is 5.94. The van der Waals surface area contributed by atoms with E-state index in [1.54, 1.807) is 0 Å². The third kappa shape index (κ3) is 30.9. The molecule has 0 aliphatic rings. The third-order valence-corrected chi connectivity index (χ3v) is 8.11. The maximum atomic E-state index is 12.6. The van der Waals surface area contributed by atoms with Crippen molar-refractivity contribution in [3.8, 4) is 0 Å². The topological polar surface area (TPSA) is 108 Å². The Balaban J connectivity index is 4.43. The van der Waals surface area contributed by atoms with Gasteiger partial charge in [-0.1, -0.05) is 136 Å². The molecule has 0 fully saturated rings. The molecule has 46 heavy (non-hydrogen) atoms. The van der Waals surface area contributed by atoms with Gasteiger partial charge < -0.3 is 28.5 Å². The van der Waals surface area contributed by atoms with E-state index in [4.69, 9.17) is 18.9 Å². The maximum absolute atomic E-state index is 12.6. The molecule has 0 aliphatic carbocycles. The van der Waals surface area contributed by atoms with Gasteiger partial charge in [0, 0.05) is 12.8 Å². The second kappa shape index (κ2) is 30.6. The minimum atomic E-state index is -1.50. The van der Waals surface area contributed by atoms with E-state index in [9.17, 15) is 19.5 Å². The number of hydrogen-bond acceptors (Lipinski definition) is 7. The minimum absolute atomic E-state index is 0.176. The van der Waals surface area contributed by atoms with Crippen molar-refractivity contribution < 1.29 is 42.9 Å². The van der Waals surface area contributed by atoms with Gasteiger partial charge >= 0.3 is 17.9 Å². The molecule has 0 aromatic carbocycles. The Hall–Kier alpha value is -1.71. The Bertz CT molecular complexity index is 739. The Morgan fingerprint density at radius 2 is 0.978 bits per heavy atom. The van der Waals surface area contributed by atoms with E-state index in [1.165, 1.54) is 96.3 Å². The van der Waals surface area contributed by atoms with Crippen LogP contribution >= 0.6 is 0 Å². The fourth-order valence-corrected chi connectivity index (χ4v) is 5.13. The summed E-state index contributed by atoms with van der Waals surface area (Å²) in [6, 6.07) is 0. The fraction of sp³-hybridized carbons (Fsp3) is 0.919. The lowest BCUT2D eigenvalue weighted by Gasteiger charge is -2.25. The number of likely N-dealkylation sites (N-methyl/N-ethyl adjacent to an activating group) is 1. The maximum Gasteiger partial charge on any atom is 0.361 e. The van der Waals surface area contributed by atoms with Crippen LogP contribution in [0.3, 0.4) is 0 Å². The monoisotopic (exact) mass is 659 g/mol. The average molecular weight is 659 g/mol. The number of quaternary nitrogens is 1. The predicted octanol–water partition coefficient (Wildman–Crippen LogP) is 8.60. The fourth-order valence-electron chi connectivity index (χ4n) is 5.13. The van der Waals surface area contributed by atoms with Crippen molar-refractivity contribution in [2.75, 3.05) is 47.5 Å². The third-order valence-electron chi connectivity index (χ3n) is 8.11. The first-order chi connectivity index (χ1) is 22.1. The molecule has 0 aromatic heterocycles. The Kier molecular flexibility index (Phi) is 29.5. The van der Waals surface area contributed by atoms with Gasteiger partial charge in [-0.3, -0.25) is 9.59 Å². The highest BCUT2D eigenvalue weighted by atomic mass is 16.7. The molecule has 0 amide bonds. The molecule has 2 unspecified atom stereocenters. The van der Waals surface area contributed by atoms with E-state index < -0.39 is 24.3 Å². The van der Waals surface area contributed by atoms with Gasteiger partial charge in [-0.2, -0.15) is 0 Å². The van der Waals surface area contributed by atoms with Gasteiger partial charge in [-0.05, 0) is 12.8 Å². The molecule has 0 saturated carbocycles. The zero-order valence-electron chi connectivity index (χ0n) is 30.5. The molecule has 0 spiro atoms. The van der Waals surface area contributed by atoms with Crippen LogP contribution in [-0.4, -0.2) is 87.4 Å². The van der Waals surface area contributed by atoms with Crippen LogP contribution in [0.15, 0.2) is 0 Å². The molecule has 0 aliphatic heterocycles. The Morgan fingerprint density at radius 3 is 1.39 bits per heavy atom. The summed E-state index contributed by atoms with van der Waals surface area (Å²) in [6.45, 7) is 4.80. The van der Waals surface area contributed by atoms with Crippen molar-refractivity contribution in [1.29, 1.82) is 0 Å². The van der Waals surface area contributed by atoms with Crippen LogP contribution in [0.2, 0.25) is 0 Å². The van der Waals surface area contributed by atoms with Crippen LogP contribution in [0.25, 0.3) is 0 Å². The molecule has 2 atom stereocenters. The number of nitrogens with zero attached hydrogens (tertiary/aromatic N) is 1. The van der Waals surface area contributed by atoms with Gasteiger partial charge in [0.2, 0.25) is 0 Å². The van der Waals surface area contributed by atoms with Gasteiger partial charge in [0.05, 0.1) is 34.4 Å². The minimum Gasteiger partial charge on any atom is -0.477 e. The van der Waals surface area contributed by atoms with Gasteiger partial charge in [0.15, 0.2) is 6.10 Å². The largest absolute Gasteiger partial charge is 0.477 e. The van der Waals surface area contributed by atoms with Crippen LogP contribution in [0.4, 0.5) is 0 Å². The van der Waals surface area contributed by atoms with Crippen LogP contribution < -0.4 is 0 Å². The molecule has 1 N–H and O–H groups in total. The second-order valence-electron chi connectivity index (χ2n) is 13.9. The quantitative estimate of drug-likeness (QED) is 0.0317. The molecule has 0 bridgehead atoms. The number of carboxylic acids is 1. The van der Waals surface area contributed by atoms with Crippen molar-refractivity contribution in [3.63, 3.8) is 0 Å². The number of esters is 2. The van der Waals surface area contributed by atoms with Crippen LogP contribution in [0.1, 0.15) is 162 Å². The summed E-state index contributed by atoms with van der Waals surface area (Å²) in [5.74, 6) is -2.01. The molecule has 9 nitrogen and oxygen atoms in total. The number of rotatable bonds is 34. The molecular weight excluding hydrogens is 586 g/mol. The summed E-state index contributed by atoms with van der Waals surface area (Å²) in [5.41, 5.74) is 0. The molecule has 0 heterocycles. The van der Waals surface area contributed by atoms with E-state index >= 15 is 0 Å². The highest BCUT2D eigenvalue weighted by Crippen LogP contribution is 2.15. The summed E-state index contributed by atoms with van der Waals surface area (Å²) >= 11 is 0. The molecule has 9 heteroatoms. The number of hydrogen-bond donors (Lipinski definition) is 1. The van der Waals surface area contributed by atoms with Crippen molar-refractivity contribution >= 4 is 17.9 Å². The molecule has 0 rings (SSSR count). The van der Waals surface area contributed by atoms with Crippen LogP contribution in [-0.2, 0) is 33.3 Å². The van der Waals surface area contributed by atoms with Crippen molar-refractivity contribution in [2.45, 2.75) is 174 Å². The van der Waals surface area contributed by atoms with Crippen molar-refractivity contribution in [3.05, 3.63) is 0 Å². The lowest BCUT2D eigenvalue weighted by atomic mass is 10.0. The standard InChI is InChI=1S/C37H71NO8/c1-6-8-10-12-14-15-16-17-18-19-20-21-22-24-26-28-35(40)46-33(31-44-34(39)27-25-23-13-11-9-7-2)32-45-37(36(41)42)43-30-29-38(3,4)5/h33,37H,6-32H2,1-5H3/p+1. The Morgan fingerprint density at radius 1 is 0.565 bits per heavy atom. The molecule has 0 radical (unpaired) electrons. The second-order valence-corrected chi connectivity index (χ2v) is 13.9. The zero-order valence-corrected chi connectivity index (χ0v) is 30.5. The number of carbonyl (C=O) groups is 3. The summed E-state index contributed by atoms with van der Waals surface area (Å²) in [4.78, 5) is 36.6. The molecule has 0 aromatic rings. The van der Waals surface area contributed by atoms with Crippen LogP contribution in [0, 0.1) is 0 Å². The van der Waals surface area contributed by atoms with E-state index in [0.717, 1.165) is 38.5 Å². The average Bonchev–Trinajstić information content (AvgIpc) is 3.00. The number of aliphatic carboxylic acids is 1. The predicted molar refractivity (Wildman–Crippen MR) is 185 cm³/mol. The molecule has 0 saturated heterocycles. The van der Waals surface area contributed by atoms with Gasteiger partial charge in [0.25, 0.3) is 6.29 Å². The van der Waals surface area contributed by atoms with Gasteiger partial charge in [-0.15, -0.1) is 0 Å². The van der Waals surface area contributed by atoms with E-state index in [0.29, 0.717) is 17.4 Å². The molecule has 272 valence electrons. The Labute approximate surface area is 282 Å². The van der Waals surface area contributed by atoms with Crippen LogP contribution in [0.5, 0.6) is 0 Å². The van der Waals surface area contributed by atoms with E-state index in [2.05, 4.69) is 13.8 Å². The number of ether oxygens (including phenoxy) is 4. The van der Waals surface area contributed by atoms with Gasteiger partial charge in [0.1, 0.15) is 13.2 Å². The first-order valence-corrected chi connectivity index (χ1v) is 18.7. The lowest BCUT2D eigenvalue weighted by molar-refractivity contribution is -0.870. The number of carboxylic acid groups (broad SMARTS) is 1. The number of carbonyl (C=O) groups excluding carboxylic acids is 2.